The summed E-state index contributed by atoms with van der Waals surface area (Å²) in [5.41, 5.74) is -1.03. The Hall–Kier alpha value is -0.795. The highest BCUT2D eigenvalue weighted by atomic mass is 16.7. The number of rotatable bonds is 2. The van der Waals surface area contributed by atoms with Crippen LogP contribution in [0, 0.1) is 0 Å². The summed E-state index contributed by atoms with van der Waals surface area (Å²) < 4.78 is 85.7. The van der Waals surface area contributed by atoms with Gasteiger partial charge in [-0.15, -0.1) is 0 Å². The van der Waals surface area contributed by atoms with Gasteiger partial charge in [-0.2, -0.15) is 0 Å². The van der Waals surface area contributed by atoms with Crippen LogP contribution in [-0.2, 0) is 9.31 Å². The molecule has 0 amide bonds. The molecule has 3 rings (SSSR count). The molecule has 3 heteroatoms. The first kappa shape index (κ1) is 6.98. The molecule has 20 heavy (non-hydrogen) atoms. The number of hydrogen-bond donors (Lipinski definition) is 0. The van der Waals surface area contributed by atoms with E-state index >= 15 is 0 Å². The maximum Gasteiger partial charge on any atom is 0.494 e. The number of benzene rings is 1. The van der Waals surface area contributed by atoms with Gasteiger partial charge in [0.2, 0.25) is 0 Å². The monoisotopic (exact) mass is 281 g/mol. The predicted octanol–water partition coefficient (Wildman–Crippen LogP) is 3.64. The summed E-state index contributed by atoms with van der Waals surface area (Å²) in [7, 11) is -0.838. The highest BCUT2D eigenvalue weighted by molar-refractivity contribution is 6.62. The molecule has 0 unspecified atom stereocenters. The molecule has 1 aliphatic carbocycles. The molecular formula is C17H25BO2. The minimum absolute atomic E-state index is 0.176. The molecule has 1 saturated carbocycles. The third-order valence-corrected chi connectivity index (χ3v) is 4.14. The highest BCUT2D eigenvalue weighted by Crippen LogP contribution is 2.37. The van der Waals surface area contributed by atoms with Gasteiger partial charge in [-0.1, -0.05) is 37.0 Å². The van der Waals surface area contributed by atoms with Crippen molar-refractivity contribution >= 4 is 12.6 Å². The van der Waals surface area contributed by atoms with Crippen molar-refractivity contribution < 1.29 is 21.6 Å². The average molecular weight is 281 g/mol. The largest absolute Gasteiger partial charge is 0.494 e. The molecule has 1 aliphatic heterocycles. The van der Waals surface area contributed by atoms with E-state index < -0.39 is 49.7 Å². The molecule has 0 N–H and O–H groups in total. The van der Waals surface area contributed by atoms with E-state index in [1.54, 1.807) is 6.07 Å². The second-order valence-corrected chi connectivity index (χ2v) is 6.09. The highest BCUT2D eigenvalue weighted by Gasteiger charge is 2.51. The van der Waals surface area contributed by atoms with Crippen LogP contribution in [0.25, 0.3) is 0 Å². The fourth-order valence-electron chi connectivity index (χ4n) is 2.18. The van der Waals surface area contributed by atoms with Gasteiger partial charge in [0.15, 0.2) is 0 Å². The van der Waals surface area contributed by atoms with Gasteiger partial charge in [-0.3, -0.25) is 0 Å². The van der Waals surface area contributed by atoms with E-state index in [4.69, 9.17) is 21.6 Å². The van der Waals surface area contributed by atoms with Crippen LogP contribution in [0.2, 0.25) is 0 Å². The van der Waals surface area contributed by atoms with Crippen molar-refractivity contribution in [2.24, 2.45) is 0 Å². The first-order valence-electron chi connectivity index (χ1n) is 11.2. The topological polar surface area (TPSA) is 18.5 Å². The minimum atomic E-state index is -3.23. The van der Waals surface area contributed by atoms with E-state index in [9.17, 15) is 0 Å². The molecule has 1 saturated heterocycles. The van der Waals surface area contributed by atoms with Crippen LogP contribution in [0.15, 0.2) is 24.3 Å². The van der Waals surface area contributed by atoms with Crippen LogP contribution in [0.3, 0.4) is 0 Å². The molecule has 0 radical (unpaired) electrons. The first-order valence-corrected chi connectivity index (χ1v) is 6.74. The molecular weight excluding hydrogens is 247 g/mol. The summed E-state index contributed by atoms with van der Waals surface area (Å²) >= 11 is 0. The van der Waals surface area contributed by atoms with Crippen molar-refractivity contribution in [2.45, 2.75) is 70.3 Å². The van der Waals surface area contributed by atoms with Crippen molar-refractivity contribution in [1.82, 2.24) is 0 Å². The van der Waals surface area contributed by atoms with Crippen LogP contribution in [-0.4, -0.2) is 18.3 Å². The quantitative estimate of drug-likeness (QED) is 0.770. The van der Waals surface area contributed by atoms with Crippen molar-refractivity contribution in [3.63, 3.8) is 0 Å². The molecule has 2 aliphatic rings. The molecule has 1 aromatic carbocycles. The summed E-state index contributed by atoms with van der Waals surface area (Å²) in [6, 6.07) is 5.79. The Kier molecular flexibility index (Phi) is 1.70. The smallest absolute Gasteiger partial charge is 0.399 e. The molecule has 1 heterocycles. The van der Waals surface area contributed by atoms with E-state index in [0.717, 1.165) is 0 Å². The fraction of sp³-hybridized carbons (Fsp3) is 0.647. The molecule has 1 aromatic rings. The Bertz CT molecular complexity index is 796. The average Bonchev–Trinajstić information content (AvgIpc) is 2.83. The summed E-state index contributed by atoms with van der Waals surface area (Å²) in [6.07, 6.45) is -12.8. The lowest BCUT2D eigenvalue weighted by Gasteiger charge is -2.32. The zero-order chi connectivity index (χ0) is 22.5. The summed E-state index contributed by atoms with van der Waals surface area (Å²) in [5.74, 6) is -2.84. The summed E-state index contributed by atoms with van der Waals surface area (Å²) in [5, 5.41) is 0. The zero-order valence-corrected chi connectivity index (χ0v) is 12.2. The Morgan fingerprint density at radius 1 is 1.15 bits per heavy atom. The molecule has 2 fully saturated rings. The zero-order valence-electron chi connectivity index (χ0n) is 21.2. The van der Waals surface area contributed by atoms with E-state index in [1.165, 1.54) is 18.2 Å². The van der Waals surface area contributed by atoms with E-state index in [2.05, 4.69) is 0 Å². The molecule has 0 bridgehead atoms. The van der Waals surface area contributed by atoms with Crippen molar-refractivity contribution in [3.05, 3.63) is 29.8 Å². The summed E-state index contributed by atoms with van der Waals surface area (Å²) in [4.78, 5) is 0. The third kappa shape index (κ3) is 2.42. The number of hydrogen-bond acceptors (Lipinski definition) is 2. The van der Waals surface area contributed by atoms with Gasteiger partial charge in [-0.05, 0) is 57.4 Å². The lowest BCUT2D eigenvalue weighted by Crippen LogP contribution is -2.41. The maximum absolute atomic E-state index is 8.75. The molecule has 108 valence electrons. The van der Waals surface area contributed by atoms with Gasteiger partial charge < -0.3 is 9.31 Å². The normalized spacial score (nSPS) is 43.6. The second kappa shape index (κ2) is 4.89. The Balaban J connectivity index is 2.14. The molecule has 0 aromatic heterocycles. The second-order valence-electron chi connectivity index (χ2n) is 6.09. The summed E-state index contributed by atoms with van der Waals surface area (Å²) in [6.45, 7) is 7.44. The SMILES string of the molecule is [2H]C1([2H])C([2H])([2H])C([2H])([2H])C([2H])(c2cccc(B3OC(C)(C)C(C)(C)O3)c2)C1([2H])[2H]. The van der Waals surface area contributed by atoms with Crippen molar-refractivity contribution in [2.75, 3.05) is 0 Å². The van der Waals surface area contributed by atoms with Gasteiger partial charge in [0.25, 0.3) is 0 Å². The Labute approximate surface area is 135 Å². The first-order chi connectivity index (χ1) is 12.8. The van der Waals surface area contributed by atoms with Crippen LogP contribution < -0.4 is 5.46 Å². The standard InChI is InChI=1S/C17H25BO2/c1-16(2)17(3,4)20-18(19-16)15-11-7-10-14(12-15)13-8-5-6-9-13/h7,10-13H,5-6,8-9H2,1-4H3/i5D2,6D2,8D2,9D2,13D. The van der Waals surface area contributed by atoms with Crippen LogP contribution in [0.5, 0.6) is 0 Å². The lowest BCUT2D eigenvalue weighted by atomic mass is 9.77. The van der Waals surface area contributed by atoms with E-state index in [-0.39, 0.29) is 5.56 Å². The van der Waals surface area contributed by atoms with Gasteiger partial charge in [-0.25, -0.2) is 0 Å². The Morgan fingerprint density at radius 3 is 2.35 bits per heavy atom. The van der Waals surface area contributed by atoms with Gasteiger partial charge >= 0.3 is 7.12 Å². The van der Waals surface area contributed by atoms with Gasteiger partial charge in [0, 0.05) is 12.3 Å². The molecule has 0 spiro atoms. The van der Waals surface area contributed by atoms with E-state index in [1.807, 2.05) is 27.7 Å². The van der Waals surface area contributed by atoms with Crippen molar-refractivity contribution in [3.8, 4) is 0 Å². The van der Waals surface area contributed by atoms with E-state index in [0.29, 0.717) is 5.46 Å². The maximum atomic E-state index is 8.75. The third-order valence-electron chi connectivity index (χ3n) is 4.14. The minimum Gasteiger partial charge on any atom is -0.399 e. The fourth-order valence-corrected chi connectivity index (χ4v) is 2.18. The van der Waals surface area contributed by atoms with Crippen LogP contribution in [0.1, 0.15) is 77.0 Å². The van der Waals surface area contributed by atoms with Crippen LogP contribution in [0.4, 0.5) is 0 Å². The van der Waals surface area contributed by atoms with Gasteiger partial charge in [0.1, 0.15) is 0 Å². The lowest BCUT2D eigenvalue weighted by molar-refractivity contribution is 0.00578. The molecule has 0 atom stereocenters. The van der Waals surface area contributed by atoms with Crippen LogP contribution >= 0.6 is 0 Å². The van der Waals surface area contributed by atoms with Crippen molar-refractivity contribution in [1.29, 1.82) is 0 Å². The van der Waals surface area contributed by atoms with Gasteiger partial charge in [0.05, 0.1) is 11.2 Å². The predicted molar refractivity (Wildman–Crippen MR) is 83.4 cm³/mol. The molecule has 2 nitrogen and oxygen atoms in total. The Morgan fingerprint density at radius 2 is 1.75 bits per heavy atom.